The number of nitrogens with one attached hydrogen (secondary N) is 1. The first-order valence-corrected chi connectivity index (χ1v) is 5.69. The molecule has 1 aromatic carbocycles. The molecule has 0 aliphatic rings. The lowest BCUT2D eigenvalue weighted by Crippen LogP contribution is -2.09. The molecule has 0 unspecified atom stereocenters. The van der Waals surface area contributed by atoms with Crippen LogP contribution in [0.15, 0.2) is 23.1 Å². The number of carbonyl (C=O) groups is 1. The van der Waals surface area contributed by atoms with Crippen molar-refractivity contribution in [2.75, 3.05) is 5.32 Å². The SMILES string of the molecule is CC(=O)Nc1ccc(S(=O)(=O)O)cc1[N+](=O)[O-]. The summed E-state index contributed by atoms with van der Waals surface area (Å²) in [4.78, 5) is 20.0. The Kier molecular flexibility index (Phi) is 3.44. The van der Waals surface area contributed by atoms with E-state index in [1.165, 1.54) is 0 Å². The molecule has 1 aromatic rings. The van der Waals surface area contributed by atoms with Crippen molar-refractivity contribution in [3.63, 3.8) is 0 Å². The van der Waals surface area contributed by atoms with Crippen molar-refractivity contribution >= 4 is 27.4 Å². The van der Waals surface area contributed by atoms with E-state index in [0.29, 0.717) is 6.07 Å². The van der Waals surface area contributed by atoms with E-state index < -0.39 is 31.5 Å². The van der Waals surface area contributed by atoms with Crippen molar-refractivity contribution in [1.82, 2.24) is 0 Å². The summed E-state index contributed by atoms with van der Waals surface area (Å²) in [5, 5.41) is 12.8. The van der Waals surface area contributed by atoms with Gasteiger partial charge in [-0.05, 0) is 12.1 Å². The lowest BCUT2D eigenvalue weighted by atomic mass is 10.2. The molecule has 0 atom stereocenters. The lowest BCUT2D eigenvalue weighted by Gasteiger charge is -2.04. The molecule has 0 aromatic heterocycles. The molecule has 0 fully saturated rings. The molecule has 9 heteroatoms. The number of rotatable bonds is 3. The topological polar surface area (TPSA) is 127 Å². The summed E-state index contributed by atoms with van der Waals surface area (Å²) >= 11 is 0. The maximum Gasteiger partial charge on any atom is 0.294 e. The molecule has 1 rings (SSSR count). The van der Waals surface area contributed by atoms with Gasteiger partial charge < -0.3 is 5.32 Å². The lowest BCUT2D eigenvalue weighted by molar-refractivity contribution is -0.384. The van der Waals surface area contributed by atoms with Crippen LogP contribution in [0.3, 0.4) is 0 Å². The molecule has 0 saturated heterocycles. The van der Waals surface area contributed by atoms with Gasteiger partial charge in [-0.15, -0.1) is 0 Å². The highest BCUT2D eigenvalue weighted by molar-refractivity contribution is 7.85. The number of anilines is 1. The van der Waals surface area contributed by atoms with Gasteiger partial charge in [-0.25, -0.2) is 0 Å². The maximum absolute atomic E-state index is 10.8. The zero-order chi connectivity index (χ0) is 13.2. The van der Waals surface area contributed by atoms with E-state index in [0.717, 1.165) is 19.1 Å². The molecule has 0 spiro atoms. The molecule has 0 bridgehead atoms. The first-order valence-electron chi connectivity index (χ1n) is 4.25. The first kappa shape index (κ1) is 13.1. The average molecular weight is 260 g/mol. The second-order valence-electron chi connectivity index (χ2n) is 3.09. The van der Waals surface area contributed by atoms with Crippen LogP contribution in [0.25, 0.3) is 0 Å². The fourth-order valence-corrected chi connectivity index (χ4v) is 1.62. The first-order chi connectivity index (χ1) is 7.71. The molecular formula is C8H8N2O6S. The number of amides is 1. The summed E-state index contributed by atoms with van der Waals surface area (Å²) < 4.78 is 30.3. The Morgan fingerprint density at radius 1 is 1.47 bits per heavy atom. The van der Waals surface area contributed by atoms with Crippen LogP contribution in [0, 0.1) is 10.1 Å². The number of carbonyl (C=O) groups excluding carboxylic acids is 1. The average Bonchev–Trinajstić information content (AvgIpc) is 2.15. The van der Waals surface area contributed by atoms with Crippen molar-refractivity contribution in [3.8, 4) is 0 Å². The van der Waals surface area contributed by atoms with Gasteiger partial charge in [0.2, 0.25) is 5.91 Å². The summed E-state index contributed by atoms with van der Waals surface area (Å²) in [5.74, 6) is -0.535. The Morgan fingerprint density at radius 2 is 2.06 bits per heavy atom. The number of nitro groups is 1. The fourth-order valence-electron chi connectivity index (χ4n) is 1.12. The third-order valence-electron chi connectivity index (χ3n) is 1.77. The second-order valence-corrected chi connectivity index (χ2v) is 4.51. The predicted octanol–water partition coefficient (Wildman–Crippen LogP) is 0.800. The Labute approximate surface area is 96.2 Å². The highest BCUT2D eigenvalue weighted by atomic mass is 32.2. The summed E-state index contributed by atoms with van der Waals surface area (Å²) in [6, 6.07) is 2.65. The Morgan fingerprint density at radius 3 is 2.47 bits per heavy atom. The van der Waals surface area contributed by atoms with Crippen molar-refractivity contribution in [3.05, 3.63) is 28.3 Å². The maximum atomic E-state index is 10.8. The summed E-state index contributed by atoms with van der Waals surface area (Å²) in [6.07, 6.45) is 0. The van der Waals surface area contributed by atoms with Crippen molar-refractivity contribution in [2.45, 2.75) is 11.8 Å². The third kappa shape index (κ3) is 3.23. The smallest absolute Gasteiger partial charge is 0.294 e. The van der Waals surface area contributed by atoms with E-state index in [-0.39, 0.29) is 5.69 Å². The van der Waals surface area contributed by atoms with Gasteiger partial charge in [-0.2, -0.15) is 8.42 Å². The van der Waals surface area contributed by atoms with Gasteiger partial charge in [0.05, 0.1) is 4.92 Å². The van der Waals surface area contributed by atoms with Gasteiger partial charge in [0.15, 0.2) is 0 Å². The van der Waals surface area contributed by atoms with Crippen molar-refractivity contribution in [1.29, 1.82) is 0 Å². The Bertz CT molecular complexity index is 580. The zero-order valence-corrected chi connectivity index (χ0v) is 9.39. The van der Waals surface area contributed by atoms with Crippen LogP contribution in [0.1, 0.15) is 6.92 Å². The van der Waals surface area contributed by atoms with E-state index >= 15 is 0 Å². The van der Waals surface area contributed by atoms with Crippen LogP contribution in [-0.2, 0) is 14.9 Å². The monoisotopic (exact) mass is 260 g/mol. The van der Waals surface area contributed by atoms with Gasteiger partial charge in [0.1, 0.15) is 10.6 Å². The van der Waals surface area contributed by atoms with Crippen LogP contribution < -0.4 is 5.32 Å². The normalized spacial score (nSPS) is 10.9. The number of nitro benzene ring substituents is 1. The molecule has 2 N–H and O–H groups in total. The summed E-state index contributed by atoms with van der Waals surface area (Å²) in [5.41, 5.74) is -0.759. The quantitative estimate of drug-likeness (QED) is 0.470. The zero-order valence-electron chi connectivity index (χ0n) is 8.58. The van der Waals surface area contributed by atoms with Gasteiger partial charge in [0, 0.05) is 13.0 Å². The molecule has 8 nitrogen and oxygen atoms in total. The number of hydrogen-bond acceptors (Lipinski definition) is 5. The van der Waals surface area contributed by atoms with Crippen LogP contribution in [0.2, 0.25) is 0 Å². The van der Waals surface area contributed by atoms with Gasteiger partial charge in [-0.3, -0.25) is 19.5 Å². The van der Waals surface area contributed by atoms with Crippen LogP contribution in [0.4, 0.5) is 11.4 Å². The Balaban J connectivity index is 3.37. The molecule has 0 radical (unpaired) electrons. The van der Waals surface area contributed by atoms with E-state index in [1.54, 1.807) is 0 Å². The third-order valence-corrected chi connectivity index (χ3v) is 2.62. The molecule has 1 amide bonds. The van der Waals surface area contributed by atoms with Gasteiger partial charge >= 0.3 is 0 Å². The largest absolute Gasteiger partial charge is 0.321 e. The molecule has 17 heavy (non-hydrogen) atoms. The molecule has 0 aliphatic heterocycles. The van der Waals surface area contributed by atoms with E-state index in [1.807, 2.05) is 0 Å². The number of benzene rings is 1. The van der Waals surface area contributed by atoms with Gasteiger partial charge in [0.25, 0.3) is 15.8 Å². The minimum atomic E-state index is -4.52. The predicted molar refractivity (Wildman–Crippen MR) is 57.2 cm³/mol. The summed E-state index contributed by atoms with van der Waals surface area (Å²) in [6.45, 7) is 1.15. The van der Waals surface area contributed by atoms with Crippen LogP contribution in [0.5, 0.6) is 0 Å². The van der Waals surface area contributed by atoms with E-state index in [4.69, 9.17) is 4.55 Å². The van der Waals surface area contributed by atoms with Crippen LogP contribution >= 0.6 is 0 Å². The standard InChI is InChI=1S/C8H8N2O6S/c1-5(11)9-7-3-2-6(17(14,15)16)4-8(7)10(12)13/h2-4H,1H3,(H,9,11)(H,14,15,16). The molecule has 0 aliphatic carbocycles. The molecular weight excluding hydrogens is 252 g/mol. The minimum absolute atomic E-state index is 0.144. The number of hydrogen-bond donors (Lipinski definition) is 2. The molecule has 92 valence electrons. The molecule has 0 heterocycles. The highest BCUT2D eigenvalue weighted by Crippen LogP contribution is 2.27. The van der Waals surface area contributed by atoms with Crippen LogP contribution in [-0.4, -0.2) is 23.8 Å². The van der Waals surface area contributed by atoms with Gasteiger partial charge in [-0.1, -0.05) is 0 Å². The number of nitrogens with zero attached hydrogens (tertiary/aromatic N) is 1. The van der Waals surface area contributed by atoms with E-state index in [2.05, 4.69) is 5.32 Å². The fraction of sp³-hybridized carbons (Fsp3) is 0.125. The summed E-state index contributed by atoms with van der Waals surface area (Å²) in [7, 11) is -4.52. The highest BCUT2D eigenvalue weighted by Gasteiger charge is 2.20. The van der Waals surface area contributed by atoms with Crippen molar-refractivity contribution < 1.29 is 22.7 Å². The van der Waals surface area contributed by atoms with Crippen molar-refractivity contribution in [2.24, 2.45) is 0 Å². The Hall–Kier alpha value is -2.00. The molecule has 0 saturated carbocycles. The van der Waals surface area contributed by atoms with E-state index in [9.17, 15) is 23.3 Å². The second kappa shape index (κ2) is 4.47. The minimum Gasteiger partial charge on any atom is -0.321 e.